The first kappa shape index (κ1) is 14.7. The Morgan fingerprint density at radius 3 is 2.56 bits per heavy atom. The first-order valence-electron chi connectivity index (χ1n) is 5.62. The van der Waals surface area contributed by atoms with Gasteiger partial charge < -0.3 is 10.2 Å². The highest BCUT2D eigenvalue weighted by Gasteiger charge is 2.33. The van der Waals surface area contributed by atoms with E-state index in [0.717, 1.165) is 0 Å². The second kappa shape index (κ2) is 5.99. The molecule has 0 aliphatic rings. The summed E-state index contributed by atoms with van der Waals surface area (Å²) >= 11 is 0. The molecule has 1 aromatic heterocycles. The summed E-state index contributed by atoms with van der Waals surface area (Å²) in [6.07, 6.45) is -1.46. The van der Waals surface area contributed by atoms with Gasteiger partial charge in [-0.3, -0.25) is 0 Å². The fourth-order valence-corrected chi connectivity index (χ4v) is 1.62. The average Bonchev–Trinajstić information content (AvgIpc) is 2.26. The maximum atomic E-state index is 12.6. The lowest BCUT2D eigenvalue weighted by Crippen LogP contribution is -2.40. The fraction of sp³-hybridized carbons (Fsp3) is 0.636. The number of anilines is 1. The minimum Gasteiger partial charge on any atom is -0.345 e. The van der Waals surface area contributed by atoms with Crippen LogP contribution in [0.15, 0.2) is 12.5 Å². The monoisotopic (exact) mass is 262 g/mol. The lowest BCUT2D eigenvalue weighted by Gasteiger charge is -2.30. The lowest BCUT2D eigenvalue weighted by molar-refractivity contribution is -0.120. The molecule has 1 rings (SSSR count). The van der Waals surface area contributed by atoms with Crippen LogP contribution in [0.5, 0.6) is 0 Å². The van der Waals surface area contributed by atoms with Gasteiger partial charge in [0.2, 0.25) is 0 Å². The highest BCUT2D eigenvalue weighted by molar-refractivity contribution is 5.46. The van der Waals surface area contributed by atoms with Crippen LogP contribution in [-0.4, -0.2) is 35.8 Å². The van der Waals surface area contributed by atoms with Gasteiger partial charge in [-0.25, -0.2) is 9.97 Å². The molecule has 1 heterocycles. The molecule has 0 amide bonds. The van der Waals surface area contributed by atoms with Crippen LogP contribution >= 0.6 is 0 Å². The molecule has 0 radical (unpaired) electrons. The van der Waals surface area contributed by atoms with Gasteiger partial charge in [-0.15, -0.1) is 0 Å². The highest BCUT2D eigenvalue weighted by Crippen LogP contribution is 2.24. The molecule has 1 aromatic rings. The van der Waals surface area contributed by atoms with Crippen molar-refractivity contribution < 1.29 is 13.2 Å². The minimum atomic E-state index is -4.26. The third-order valence-corrected chi connectivity index (χ3v) is 2.38. The van der Waals surface area contributed by atoms with E-state index in [2.05, 4.69) is 15.3 Å². The average molecular weight is 262 g/mol. The van der Waals surface area contributed by atoms with E-state index < -0.39 is 12.7 Å². The quantitative estimate of drug-likeness (QED) is 0.881. The summed E-state index contributed by atoms with van der Waals surface area (Å²) in [6, 6.07) is -0.294. The molecule has 0 aliphatic carbocycles. The topological polar surface area (TPSA) is 41.1 Å². The number of aromatic nitrogens is 2. The van der Waals surface area contributed by atoms with Gasteiger partial charge in [0.05, 0.1) is 0 Å². The highest BCUT2D eigenvalue weighted by atomic mass is 19.4. The predicted octanol–water partition coefficient (Wildman–Crippen LogP) is 1.97. The summed E-state index contributed by atoms with van der Waals surface area (Å²) in [6.45, 7) is 2.82. The van der Waals surface area contributed by atoms with Crippen molar-refractivity contribution in [1.82, 2.24) is 15.3 Å². The van der Waals surface area contributed by atoms with Gasteiger partial charge in [-0.1, -0.05) is 0 Å². The molecule has 0 spiro atoms. The molecule has 1 N–H and O–H groups in total. The van der Waals surface area contributed by atoms with E-state index in [9.17, 15) is 13.2 Å². The molecular weight excluding hydrogens is 245 g/mol. The number of nitrogens with one attached hydrogen (secondary N) is 1. The van der Waals surface area contributed by atoms with Gasteiger partial charge >= 0.3 is 6.18 Å². The summed E-state index contributed by atoms with van der Waals surface area (Å²) in [5, 5.41) is 2.89. The Hall–Kier alpha value is -1.37. The second-order valence-electron chi connectivity index (χ2n) is 4.24. The van der Waals surface area contributed by atoms with Crippen molar-refractivity contribution in [2.24, 2.45) is 0 Å². The third kappa shape index (κ3) is 4.14. The van der Waals surface area contributed by atoms with Crippen molar-refractivity contribution in [2.45, 2.75) is 32.6 Å². The Bertz CT molecular complexity index is 379. The zero-order valence-electron chi connectivity index (χ0n) is 10.6. The minimum absolute atomic E-state index is 0.294. The molecular formula is C11H17F3N4. The largest absolute Gasteiger partial charge is 0.405 e. The van der Waals surface area contributed by atoms with Crippen LogP contribution in [0.2, 0.25) is 0 Å². The lowest BCUT2D eigenvalue weighted by atomic mass is 10.2. The summed E-state index contributed by atoms with van der Waals surface area (Å²) in [5.41, 5.74) is 0.651. The number of nitrogens with zero attached hydrogens (tertiary/aromatic N) is 3. The van der Waals surface area contributed by atoms with E-state index in [1.807, 2.05) is 0 Å². The Morgan fingerprint density at radius 1 is 1.39 bits per heavy atom. The van der Waals surface area contributed by atoms with Gasteiger partial charge in [0, 0.05) is 24.3 Å². The van der Waals surface area contributed by atoms with Crippen LogP contribution in [0, 0.1) is 0 Å². The van der Waals surface area contributed by atoms with Crippen LogP contribution in [0.25, 0.3) is 0 Å². The van der Waals surface area contributed by atoms with Crippen molar-refractivity contribution in [1.29, 1.82) is 0 Å². The molecule has 0 unspecified atom stereocenters. The summed E-state index contributed by atoms with van der Waals surface area (Å²) in [4.78, 5) is 9.05. The number of rotatable bonds is 5. The van der Waals surface area contributed by atoms with Crippen LogP contribution in [0.4, 0.5) is 19.0 Å². The van der Waals surface area contributed by atoms with Gasteiger partial charge in [0.1, 0.15) is 18.7 Å². The number of hydrogen-bond donors (Lipinski definition) is 1. The Balaban J connectivity index is 3.05. The third-order valence-electron chi connectivity index (χ3n) is 2.38. The maximum absolute atomic E-state index is 12.6. The van der Waals surface area contributed by atoms with E-state index in [1.165, 1.54) is 17.4 Å². The Morgan fingerprint density at radius 2 is 2.06 bits per heavy atom. The number of hydrogen-bond acceptors (Lipinski definition) is 4. The van der Waals surface area contributed by atoms with Crippen LogP contribution in [-0.2, 0) is 6.54 Å². The normalized spacial score (nSPS) is 11.9. The number of halogens is 3. The van der Waals surface area contributed by atoms with E-state index in [4.69, 9.17) is 0 Å². The van der Waals surface area contributed by atoms with Crippen molar-refractivity contribution in [2.75, 3.05) is 18.5 Å². The van der Waals surface area contributed by atoms with Crippen LogP contribution in [0.1, 0.15) is 19.4 Å². The van der Waals surface area contributed by atoms with Gasteiger partial charge in [-0.05, 0) is 20.9 Å². The van der Waals surface area contributed by atoms with Gasteiger partial charge in [0.25, 0.3) is 0 Å². The molecule has 4 nitrogen and oxygen atoms in total. The molecule has 18 heavy (non-hydrogen) atoms. The van der Waals surface area contributed by atoms with Crippen LogP contribution < -0.4 is 10.2 Å². The van der Waals surface area contributed by atoms with E-state index in [1.54, 1.807) is 20.9 Å². The summed E-state index contributed by atoms with van der Waals surface area (Å²) in [5.74, 6) is 0.326. The summed E-state index contributed by atoms with van der Waals surface area (Å²) < 4.78 is 37.7. The number of alkyl halides is 3. The maximum Gasteiger partial charge on any atom is 0.405 e. The summed E-state index contributed by atoms with van der Waals surface area (Å²) in [7, 11) is 1.72. The smallest absolute Gasteiger partial charge is 0.345 e. The molecule has 0 aliphatic heterocycles. The fourth-order valence-electron chi connectivity index (χ4n) is 1.62. The van der Waals surface area contributed by atoms with Crippen molar-refractivity contribution in [3.05, 3.63) is 18.1 Å². The van der Waals surface area contributed by atoms with E-state index in [-0.39, 0.29) is 6.04 Å². The Kier molecular flexibility index (Phi) is 4.89. The van der Waals surface area contributed by atoms with E-state index >= 15 is 0 Å². The van der Waals surface area contributed by atoms with Crippen molar-refractivity contribution >= 4 is 5.82 Å². The molecule has 0 aromatic carbocycles. The van der Waals surface area contributed by atoms with Crippen molar-refractivity contribution in [3.63, 3.8) is 0 Å². The van der Waals surface area contributed by atoms with Crippen molar-refractivity contribution in [3.8, 4) is 0 Å². The molecule has 0 saturated heterocycles. The molecule has 102 valence electrons. The standard InChI is InChI=1S/C11H17F3N4/c1-8(2)18(6-11(12,13)14)10-9(4-15-3)5-16-7-17-10/h5,7-8,15H,4,6H2,1-3H3. The first-order valence-corrected chi connectivity index (χ1v) is 5.62. The zero-order valence-corrected chi connectivity index (χ0v) is 10.6. The predicted molar refractivity (Wildman–Crippen MR) is 63.3 cm³/mol. The Labute approximate surface area is 104 Å². The van der Waals surface area contributed by atoms with E-state index in [0.29, 0.717) is 17.9 Å². The van der Waals surface area contributed by atoms with Gasteiger partial charge in [0.15, 0.2) is 0 Å². The van der Waals surface area contributed by atoms with Gasteiger partial charge in [-0.2, -0.15) is 13.2 Å². The molecule has 0 saturated carbocycles. The zero-order chi connectivity index (χ0) is 13.8. The molecule has 0 atom stereocenters. The molecule has 7 heteroatoms. The first-order chi connectivity index (χ1) is 8.35. The SMILES string of the molecule is CNCc1cncnc1N(CC(F)(F)F)C(C)C. The molecule has 0 bridgehead atoms. The van der Waals surface area contributed by atoms with Crippen LogP contribution in [0.3, 0.4) is 0 Å². The second-order valence-corrected chi connectivity index (χ2v) is 4.24. The molecule has 0 fully saturated rings.